The van der Waals surface area contributed by atoms with E-state index in [4.69, 9.17) is 33.7 Å². The van der Waals surface area contributed by atoms with Crippen molar-refractivity contribution in [3.05, 3.63) is 57.8 Å². The fourth-order valence-corrected chi connectivity index (χ4v) is 2.22. The minimum Gasteiger partial charge on any atom is -0.484 e. The molecule has 0 spiro atoms. The third-order valence-corrected chi connectivity index (χ3v) is 3.41. The monoisotopic (exact) mass is 356 g/mol. The molecule has 3 N–H and O–H groups in total. The van der Waals surface area contributed by atoms with Gasteiger partial charge < -0.3 is 15.8 Å². The molecular weight excluding hydrogens is 346 g/mol. The van der Waals surface area contributed by atoms with E-state index < -0.39 is 17.6 Å². The lowest BCUT2D eigenvalue weighted by atomic mass is 10.2. The van der Waals surface area contributed by atoms with Crippen LogP contribution < -0.4 is 15.8 Å². The van der Waals surface area contributed by atoms with Crippen molar-refractivity contribution in [2.45, 2.75) is 0 Å². The predicted octanol–water partition coefficient (Wildman–Crippen LogP) is 3.25. The van der Waals surface area contributed by atoms with Crippen molar-refractivity contribution in [2.24, 2.45) is 5.73 Å². The smallest absolute Gasteiger partial charge is 0.262 e. The van der Waals surface area contributed by atoms with E-state index in [0.717, 1.165) is 0 Å². The zero-order chi connectivity index (χ0) is 17.0. The van der Waals surface area contributed by atoms with Gasteiger partial charge in [-0.2, -0.15) is 0 Å². The van der Waals surface area contributed by atoms with Crippen LogP contribution in [0.25, 0.3) is 0 Å². The zero-order valence-corrected chi connectivity index (χ0v) is 13.1. The average molecular weight is 357 g/mol. The summed E-state index contributed by atoms with van der Waals surface area (Å²) < 4.78 is 18.0. The van der Waals surface area contributed by atoms with Crippen molar-refractivity contribution in [3.8, 4) is 5.75 Å². The van der Waals surface area contributed by atoms with E-state index in [2.05, 4.69) is 5.32 Å². The minimum atomic E-state index is -0.746. The SMILES string of the molecule is NC(=O)c1cc(NC(=O)COc2ccc(F)cc2)c(Cl)cc1Cl. The van der Waals surface area contributed by atoms with Crippen molar-refractivity contribution < 1.29 is 18.7 Å². The number of hydrogen-bond acceptors (Lipinski definition) is 3. The second-order valence-electron chi connectivity index (χ2n) is 4.47. The van der Waals surface area contributed by atoms with Gasteiger partial charge in [0.15, 0.2) is 6.61 Å². The molecule has 120 valence electrons. The van der Waals surface area contributed by atoms with Crippen molar-refractivity contribution in [3.63, 3.8) is 0 Å². The van der Waals surface area contributed by atoms with Crippen LogP contribution in [0.3, 0.4) is 0 Å². The zero-order valence-electron chi connectivity index (χ0n) is 11.6. The molecule has 2 aromatic rings. The highest BCUT2D eigenvalue weighted by Gasteiger charge is 2.13. The van der Waals surface area contributed by atoms with Crippen molar-refractivity contribution in [2.75, 3.05) is 11.9 Å². The molecule has 0 unspecified atom stereocenters. The number of primary amides is 1. The summed E-state index contributed by atoms with van der Waals surface area (Å²) in [5.41, 5.74) is 5.39. The minimum absolute atomic E-state index is 0.0332. The first-order valence-electron chi connectivity index (χ1n) is 6.34. The Labute approximate surface area is 141 Å². The van der Waals surface area contributed by atoms with E-state index in [-0.39, 0.29) is 27.9 Å². The molecule has 2 amide bonds. The topological polar surface area (TPSA) is 81.4 Å². The average Bonchev–Trinajstić information content (AvgIpc) is 2.49. The number of amides is 2. The van der Waals surface area contributed by atoms with Crippen LogP contribution >= 0.6 is 23.2 Å². The summed E-state index contributed by atoms with van der Waals surface area (Å²) in [6.45, 7) is -0.323. The van der Waals surface area contributed by atoms with Crippen molar-refractivity contribution in [1.82, 2.24) is 0 Å². The Balaban J connectivity index is 2.03. The Morgan fingerprint density at radius 2 is 1.78 bits per heavy atom. The normalized spacial score (nSPS) is 10.2. The molecule has 0 saturated carbocycles. The van der Waals surface area contributed by atoms with Crippen LogP contribution in [0, 0.1) is 5.82 Å². The number of nitrogens with two attached hydrogens (primary N) is 1. The van der Waals surface area contributed by atoms with Gasteiger partial charge in [0.25, 0.3) is 5.91 Å². The van der Waals surface area contributed by atoms with Gasteiger partial charge in [-0.1, -0.05) is 23.2 Å². The van der Waals surface area contributed by atoms with Crippen LogP contribution in [0.15, 0.2) is 36.4 Å². The standard InChI is InChI=1S/C15H11Cl2FN2O3/c16-11-6-12(17)13(5-10(11)15(19)22)20-14(21)7-23-9-3-1-8(18)2-4-9/h1-6H,7H2,(H2,19,22)(H,20,21). The highest BCUT2D eigenvalue weighted by molar-refractivity contribution is 6.38. The second kappa shape index (κ2) is 7.30. The largest absolute Gasteiger partial charge is 0.484 e. The first-order chi connectivity index (χ1) is 10.9. The van der Waals surface area contributed by atoms with Crippen LogP contribution in [0.5, 0.6) is 5.75 Å². The number of ether oxygens (including phenoxy) is 1. The number of hydrogen-bond donors (Lipinski definition) is 2. The summed E-state index contributed by atoms with van der Waals surface area (Å²) in [7, 11) is 0. The molecule has 0 radical (unpaired) electrons. The molecule has 2 aromatic carbocycles. The van der Waals surface area contributed by atoms with E-state index in [9.17, 15) is 14.0 Å². The number of carbonyl (C=O) groups excluding carboxylic acids is 2. The summed E-state index contributed by atoms with van der Waals surface area (Å²) >= 11 is 11.8. The first kappa shape index (κ1) is 17.1. The number of anilines is 1. The predicted molar refractivity (Wildman–Crippen MR) is 85.5 cm³/mol. The maximum atomic E-state index is 12.8. The van der Waals surface area contributed by atoms with Gasteiger partial charge in [-0.05, 0) is 36.4 Å². The first-order valence-corrected chi connectivity index (χ1v) is 7.09. The fraction of sp³-hybridized carbons (Fsp3) is 0.0667. The van der Waals surface area contributed by atoms with Crippen molar-refractivity contribution in [1.29, 1.82) is 0 Å². The molecule has 0 aliphatic rings. The maximum Gasteiger partial charge on any atom is 0.262 e. The molecule has 0 bridgehead atoms. The van der Waals surface area contributed by atoms with Gasteiger partial charge in [-0.3, -0.25) is 9.59 Å². The van der Waals surface area contributed by atoms with Gasteiger partial charge in [-0.15, -0.1) is 0 Å². The molecular formula is C15H11Cl2FN2O3. The molecule has 0 aromatic heterocycles. The Morgan fingerprint density at radius 1 is 1.13 bits per heavy atom. The summed E-state index contributed by atoms with van der Waals surface area (Å²) in [6, 6.07) is 7.79. The molecule has 0 saturated heterocycles. The van der Waals surface area contributed by atoms with Gasteiger partial charge in [0, 0.05) is 0 Å². The van der Waals surface area contributed by atoms with E-state index in [0.29, 0.717) is 5.75 Å². The molecule has 23 heavy (non-hydrogen) atoms. The summed E-state index contributed by atoms with van der Waals surface area (Å²) in [6.07, 6.45) is 0. The van der Waals surface area contributed by atoms with Crippen molar-refractivity contribution >= 4 is 40.7 Å². The van der Waals surface area contributed by atoms with Gasteiger partial charge in [0.1, 0.15) is 11.6 Å². The second-order valence-corrected chi connectivity index (χ2v) is 5.28. The number of rotatable bonds is 5. The van der Waals surface area contributed by atoms with Gasteiger partial charge in [0.2, 0.25) is 5.91 Å². The Bertz CT molecular complexity index is 751. The molecule has 8 heteroatoms. The molecule has 0 heterocycles. The van der Waals surface area contributed by atoms with E-state index in [1.807, 2.05) is 0 Å². The lowest BCUT2D eigenvalue weighted by Gasteiger charge is -2.10. The third-order valence-electron chi connectivity index (χ3n) is 2.78. The molecule has 0 aliphatic carbocycles. The third kappa shape index (κ3) is 4.58. The molecule has 5 nitrogen and oxygen atoms in total. The quantitative estimate of drug-likeness (QED) is 0.862. The van der Waals surface area contributed by atoms with Crippen LogP contribution in [-0.2, 0) is 4.79 Å². The van der Waals surface area contributed by atoms with E-state index >= 15 is 0 Å². The molecule has 0 atom stereocenters. The lowest BCUT2D eigenvalue weighted by Crippen LogP contribution is -2.21. The van der Waals surface area contributed by atoms with Crippen LogP contribution in [0.1, 0.15) is 10.4 Å². The molecule has 2 rings (SSSR count). The number of carbonyl (C=O) groups is 2. The van der Waals surface area contributed by atoms with Crippen LogP contribution in [0.2, 0.25) is 10.0 Å². The van der Waals surface area contributed by atoms with Crippen LogP contribution in [-0.4, -0.2) is 18.4 Å². The van der Waals surface area contributed by atoms with Crippen LogP contribution in [0.4, 0.5) is 10.1 Å². The molecule has 0 aliphatic heterocycles. The summed E-state index contributed by atoms with van der Waals surface area (Å²) in [5, 5.41) is 2.71. The number of nitrogens with one attached hydrogen (secondary N) is 1. The Hall–Kier alpha value is -2.31. The van der Waals surface area contributed by atoms with E-state index in [1.165, 1.54) is 36.4 Å². The highest BCUT2D eigenvalue weighted by Crippen LogP contribution is 2.29. The maximum absolute atomic E-state index is 12.8. The molecule has 0 fully saturated rings. The van der Waals surface area contributed by atoms with Gasteiger partial charge >= 0.3 is 0 Å². The number of benzene rings is 2. The van der Waals surface area contributed by atoms with E-state index in [1.54, 1.807) is 0 Å². The summed E-state index contributed by atoms with van der Waals surface area (Å²) in [4.78, 5) is 23.1. The lowest BCUT2D eigenvalue weighted by molar-refractivity contribution is -0.118. The number of halogens is 3. The summed E-state index contributed by atoms with van der Waals surface area (Å²) in [5.74, 6) is -1.34. The Morgan fingerprint density at radius 3 is 2.39 bits per heavy atom. The fourth-order valence-electron chi connectivity index (χ4n) is 1.70. The van der Waals surface area contributed by atoms with Gasteiger partial charge in [0.05, 0.1) is 21.3 Å². The van der Waals surface area contributed by atoms with Gasteiger partial charge in [-0.25, -0.2) is 4.39 Å². The Kier molecular flexibility index (Phi) is 5.41. The highest BCUT2D eigenvalue weighted by atomic mass is 35.5.